The van der Waals surface area contributed by atoms with E-state index >= 15 is 0 Å². The van der Waals surface area contributed by atoms with E-state index in [2.05, 4.69) is 15.5 Å². The highest BCUT2D eigenvalue weighted by Crippen LogP contribution is 2.31. The molecule has 2 aliphatic heterocycles. The number of methoxy groups -OCH3 is 1. The van der Waals surface area contributed by atoms with Gasteiger partial charge in [-0.15, -0.1) is 0 Å². The molecule has 2 saturated heterocycles. The number of nitrogens with zero attached hydrogens (tertiary/aromatic N) is 3. The summed E-state index contributed by atoms with van der Waals surface area (Å²) in [7, 11) is 1.50. The van der Waals surface area contributed by atoms with Crippen molar-refractivity contribution in [1.82, 2.24) is 20.4 Å². The summed E-state index contributed by atoms with van der Waals surface area (Å²) in [6.45, 7) is 9.48. The molecule has 0 spiro atoms. The monoisotopic (exact) mass is 551 g/mol. The van der Waals surface area contributed by atoms with Gasteiger partial charge in [-0.2, -0.15) is 0 Å². The molecule has 4 rings (SSSR count). The number of carbonyl (C=O) groups is 4. The zero-order valence-electron chi connectivity index (χ0n) is 23.5. The number of anilines is 1. The standard InChI is InChI=1S/C29H37N5O6/c1-29(2,3)40-28(38)30-18-20-5-7-21(8-6-20)19-32-13-15-33(16-14-32)26(36)22-9-10-24(39-4)23(17-22)34-12-11-25(35)31-27(34)37/h5-10,17H,11-16,18-19H2,1-4H3,(H,30,38)(H,31,35,37). The van der Waals surface area contributed by atoms with Crippen molar-refractivity contribution < 1.29 is 28.7 Å². The van der Waals surface area contributed by atoms with Crippen molar-refractivity contribution in [3.05, 3.63) is 59.2 Å². The van der Waals surface area contributed by atoms with Gasteiger partial charge in [0, 0.05) is 57.8 Å². The maximum Gasteiger partial charge on any atom is 0.407 e. The minimum absolute atomic E-state index is 0.112. The van der Waals surface area contributed by atoms with Crippen LogP contribution in [0.25, 0.3) is 0 Å². The van der Waals surface area contributed by atoms with E-state index in [0.717, 1.165) is 30.8 Å². The predicted octanol–water partition coefficient (Wildman–Crippen LogP) is 3.12. The molecule has 0 saturated carbocycles. The Morgan fingerprint density at radius 2 is 1.62 bits per heavy atom. The highest BCUT2D eigenvalue weighted by molar-refractivity contribution is 6.07. The second-order valence-corrected chi connectivity index (χ2v) is 10.9. The molecule has 0 aromatic heterocycles. The third-order valence-electron chi connectivity index (χ3n) is 6.69. The largest absolute Gasteiger partial charge is 0.495 e. The smallest absolute Gasteiger partial charge is 0.407 e. The summed E-state index contributed by atoms with van der Waals surface area (Å²) in [6, 6.07) is 12.6. The van der Waals surface area contributed by atoms with Crippen LogP contribution in [0, 0.1) is 0 Å². The first kappa shape index (κ1) is 28.9. The minimum Gasteiger partial charge on any atom is -0.495 e. The van der Waals surface area contributed by atoms with Gasteiger partial charge in [0.2, 0.25) is 5.91 Å². The van der Waals surface area contributed by atoms with Crippen molar-refractivity contribution in [2.75, 3.05) is 44.7 Å². The van der Waals surface area contributed by atoms with E-state index in [0.29, 0.717) is 36.6 Å². The van der Waals surface area contributed by atoms with Crippen LogP contribution in [0.3, 0.4) is 0 Å². The quantitative estimate of drug-likeness (QED) is 0.543. The Balaban J connectivity index is 1.29. The molecular weight excluding hydrogens is 514 g/mol. The van der Waals surface area contributed by atoms with Crippen molar-refractivity contribution in [3.8, 4) is 5.75 Å². The molecule has 2 fully saturated rings. The van der Waals surface area contributed by atoms with Gasteiger partial charge in [-0.3, -0.25) is 24.7 Å². The third kappa shape index (κ3) is 7.50. The zero-order chi connectivity index (χ0) is 28.9. The Morgan fingerprint density at radius 3 is 2.25 bits per heavy atom. The van der Waals surface area contributed by atoms with Crippen LogP contribution in [0.4, 0.5) is 15.3 Å². The van der Waals surface area contributed by atoms with Crippen molar-refractivity contribution in [1.29, 1.82) is 0 Å². The normalized spacial score (nSPS) is 16.4. The minimum atomic E-state index is -0.534. The fourth-order valence-corrected chi connectivity index (χ4v) is 4.63. The summed E-state index contributed by atoms with van der Waals surface area (Å²) in [5.41, 5.74) is 2.52. The van der Waals surface area contributed by atoms with Crippen LogP contribution in [-0.2, 0) is 22.6 Å². The molecule has 11 nitrogen and oxygen atoms in total. The highest BCUT2D eigenvalue weighted by atomic mass is 16.6. The second kappa shape index (κ2) is 12.4. The molecule has 0 atom stereocenters. The van der Waals surface area contributed by atoms with E-state index in [9.17, 15) is 19.2 Å². The lowest BCUT2D eigenvalue weighted by Gasteiger charge is -2.35. The fraction of sp³-hybridized carbons (Fsp3) is 0.448. The summed E-state index contributed by atoms with van der Waals surface area (Å²) in [6.07, 6.45) is -0.260. The van der Waals surface area contributed by atoms with Crippen LogP contribution in [-0.4, -0.2) is 79.2 Å². The third-order valence-corrected chi connectivity index (χ3v) is 6.69. The highest BCUT2D eigenvalue weighted by Gasteiger charge is 2.29. The molecule has 214 valence electrons. The number of carbonyl (C=O) groups excluding carboxylic acids is 4. The average molecular weight is 552 g/mol. The van der Waals surface area contributed by atoms with Crippen LogP contribution in [0.5, 0.6) is 5.75 Å². The van der Waals surface area contributed by atoms with Gasteiger partial charge >= 0.3 is 12.1 Å². The average Bonchev–Trinajstić information content (AvgIpc) is 2.91. The number of rotatable bonds is 7. The Labute approximate surface area is 234 Å². The van der Waals surface area contributed by atoms with Crippen LogP contribution >= 0.6 is 0 Å². The number of alkyl carbamates (subject to hydrolysis) is 1. The van der Waals surface area contributed by atoms with Gasteiger partial charge in [0.25, 0.3) is 5.91 Å². The van der Waals surface area contributed by atoms with Gasteiger partial charge in [-0.05, 0) is 50.1 Å². The van der Waals surface area contributed by atoms with E-state index in [-0.39, 0.29) is 24.8 Å². The number of hydrogen-bond acceptors (Lipinski definition) is 7. The van der Waals surface area contributed by atoms with E-state index in [1.165, 1.54) is 12.0 Å². The van der Waals surface area contributed by atoms with Crippen molar-refractivity contribution in [2.24, 2.45) is 0 Å². The molecule has 2 aromatic rings. The summed E-state index contributed by atoms with van der Waals surface area (Å²) >= 11 is 0. The molecule has 40 heavy (non-hydrogen) atoms. The Kier molecular flexibility index (Phi) is 8.93. The number of urea groups is 1. The van der Waals surface area contributed by atoms with E-state index < -0.39 is 17.7 Å². The van der Waals surface area contributed by atoms with Gasteiger partial charge < -0.3 is 19.7 Å². The van der Waals surface area contributed by atoms with Gasteiger partial charge in [0.15, 0.2) is 0 Å². The lowest BCUT2D eigenvalue weighted by atomic mass is 10.1. The van der Waals surface area contributed by atoms with E-state index in [1.807, 2.05) is 49.9 Å². The summed E-state index contributed by atoms with van der Waals surface area (Å²) in [5.74, 6) is 0.0212. The molecule has 0 radical (unpaired) electrons. The lowest BCUT2D eigenvalue weighted by Crippen LogP contribution is -2.50. The summed E-state index contributed by atoms with van der Waals surface area (Å²) in [4.78, 5) is 54.7. The number of nitrogens with one attached hydrogen (secondary N) is 2. The van der Waals surface area contributed by atoms with Crippen molar-refractivity contribution in [2.45, 2.75) is 45.9 Å². The van der Waals surface area contributed by atoms with Gasteiger partial charge in [0.05, 0.1) is 12.8 Å². The first-order valence-corrected chi connectivity index (χ1v) is 13.4. The Hall–Kier alpha value is -4.12. The van der Waals surface area contributed by atoms with Crippen molar-refractivity contribution in [3.63, 3.8) is 0 Å². The molecule has 2 aliphatic rings. The number of benzene rings is 2. The number of hydrogen-bond donors (Lipinski definition) is 2. The number of imide groups is 1. The molecule has 2 heterocycles. The Bertz CT molecular complexity index is 1250. The Morgan fingerprint density at radius 1 is 0.950 bits per heavy atom. The molecule has 0 bridgehead atoms. The molecule has 11 heteroatoms. The van der Waals surface area contributed by atoms with Crippen LogP contribution in [0.15, 0.2) is 42.5 Å². The fourth-order valence-electron chi connectivity index (χ4n) is 4.63. The first-order valence-electron chi connectivity index (χ1n) is 13.4. The number of amides is 5. The topological polar surface area (TPSA) is 121 Å². The molecule has 0 unspecified atom stereocenters. The number of piperazine rings is 1. The van der Waals surface area contributed by atoms with Gasteiger partial charge in [0.1, 0.15) is 11.4 Å². The molecule has 2 N–H and O–H groups in total. The van der Waals surface area contributed by atoms with Crippen LogP contribution in [0.1, 0.15) is 48.7 Å². The van der Waals surface area contributed by atoms with Crippen LogP contribution < -0.4 is 20.3 Å². The second-order valence-electron chi connectivity index (χ2n) is 10.9. The molecule has 2 aromatic carbocycles. The van der Waals surface area contributed by atoms with E-state index in [4.69, 9.17) is 9.47 Å². The predicted molar refractivity (Wildman–Crippen MR) is 149 cm³/mol. The van der Waals surface area contributed by atoms with Crippen molar-refractivity contribution >= 4 is 29.6 Å². The summed E-state index contributed by atoms with van der Waals surface area (Å²) < 4.78 is 10.7. The summed E-state index contributed by atoms with van der Waals surface area (Å²) in [5, 5.41) is 5.07. The van der Waals surface area contributed by atoms with Crippen LogP contribution in [0.2, 0.25) is 0 Å². The van der Waals surface area contributed by atoms with Gasteiger partial charge in [-0.25, -0.2) is 9.59 Å². The van der Waals surface area contributed by atoms with Gasteiger partial charge in [-0.1, -0.05) is 24.3 Å². The zero-order valence-corrected chi connectivity index (χ0v) is 23.5. The molecular formula is C29H37N5O6. The molecule has 5 amide bonds. The maximum absolute atomic E-state index is 13.3. The number of ether oxygens (including phenoxy) is 2. The SMILES string of the molecule is COc1ccc(C(=O)N2CCN(Cc3ccc(CNC(=O)OC(C)(C)C)cc3)CC2)cc1N1CCC(=O)NC1=O. The first-order chi connectivity index (χ1) is 19.0. The maximum atomic E-state index is 13.3. The van der Waals surface area contributed by atoms with E-state index in [1.54, 1.807) is 18.2 Å². The lowest BCUT2D eigenvalue weighted by molar-refractivity contribution is -0.120. The molecule has 0 aliphatic carbocycles.